The Bertz CT molecular complexity index is 112. The Labute approximate surface area is 61.5 Å². The lowest BCUT2D eigenvalue weighted by Gasteiger charge is -2.10. The number of nitrogens with two attached hydrogens (primary N) is 1. The molecule has 0 saturated carbocycles. The third-order valence-corrected chi connectivity index (χ3v) is 1.33. The summed E-state index contributed by atoms with van der Waals surface area (Å²) >= 11 is 0. The summed E-state index contributed by atoms with van der Waals surface area (Å²) < 4.78 is 4.52. The summed E-state index contributed by atoms with van der Waals surface area (Å²) in [5, 5.41) is 0. The monoisotopic (exact) mass is 145 g/mol. The lowest BCUT2D eigenvalue weighted by molar-refractivity contribution is -0.145. The molecule has 0 fully saturated rings. The first kappa shape index (κ1) is 9.43. The molecule has 0 radical (unpaired) electrons. The maximum atomic E-state index is 10.8. The van der Waals surface area contributed by atoms with E-state index in [1.807, 2.05) is 13.8 Å². The number of hydrogen-bond acceptors (Lipinski definition) is 3. The molecule has 0 aliphatic carbocycles. The molecule has 10 heavy (non-hydrogen) atoms. The fourth-order valence-electron chi connectivity index (χ4n) is 0.855. The fourth-order valence-corrected chi connectivity index (χ4v) is 0.855. The summed E-state index contributed by atoms with van der Waals surface area (Å²) in [5.41, 5.74) is 5.48. The summed E-state index contributed by atoms with van der Waals surface area (Å²) in [4.78, 5) is 10.8. The van der Waals surface area contributed by atoms with Crippen molar-refractivity contribution in [1.82, 2.24) is 0 Å². The molecule has 0 spiro atoms. The van der Waals surface area contributed by atoms with E-state index in [9.17, 15) is 4.79 Å². The second-order valence-electron chi connectivity index (χ2n) is 2.64. The topological polar surface area (TPSA) is 52.3 Å². The Morgan fingerprint density at radius 1 is 1.60 bits per heavy atom. The quantitative estimate of drug-likeness (QED) is 0.589. The second-order valence-corrected chi connectivity index (χ2v) is 2.64. The summed E-state index contributed by atoms with van der Waals surface area (Å²) in [6.07, 6.45) is 0.687. The maximum Gasteiger partial charge on any atom is 0.308 e. The first-order valence-corrected chi connectivity index (χ1v) is 3.41. The lowest BCUT2D eigenvalue weighted by Crippen LogP contribution is -2.23. The van der Waals surface area contributed by atoms with Crippen LogP contribution >= 0.6 is 0 Å². The first-order valence-electron chi connectivity index (χ1n) is 3.41. The number of rotatable bonds is 3. The zero-order chi connectivity index (χ0) is 8.15. The van der Waals surface area contributed by atoms with Gasteiger partial charge >= 0.3 is 5.97 Å². The Hall–Kier alpha value is -0.570. The molecule has 2 N–H and O–H groups in total. The minimum absolute atomic E-state index is 0.0640. The average Bonchev–Trinajstić information content (AvgIpc) is 1.85. The van der Waals surface area contributed by atoms with Crippen LogP contribution in [0.15, 0.2) is 0 Å². The summed E-state index contributed by atoms with van der Waals surface area (Å²) in [5.74, 6) is -0.262. The second kappa shape index (κ2) is 4.28. The van der Waals surface area contributed by atoms with Crippen molar-refractivity contribution in [1.29, 1.82) is 0 Å². The Kier molecular flexibility index (Phi) is 4.03. The smallest absolute Gasteiger partial charge is 0.308 e. The zero-order valence-corrected chi connectivity index (χ0v) is 6.76. The van der Waals surface area contributed by atoms with Gasteiger partial charge in [0.05, 0.1) is 13.0 Å². The minimum atomic E-state index is -0.183. The highest BCUT2D eigenvalue weighted by Gasteiger charge is 2.13. The van der Waals surface area contributed by atoms with E-state index in [4.69, 9.17) is 5.73 Å². The van der Waals surface area contributed by atoms with Gasteiger partial charge in [-0.25, -0.2) is 0 Å². The van der Waals surface area contributed by atoms with E-state index in [2.05, 4.69) is 4.74 Å². The van der Waals surface area contributed by atoms with E-state index in [-0.39, 0.29) is 17.9 Å². The van der Waals surface area contributed by atoms with E-state index in [1.165, 1.54) is 7.11 Å². The normalized spacial score (nSPS) is 16.0. The van der Waals surface area contributed by atoms with Crippen molar-refractivity contribution in [2.45, 2.75) is 26.3 Å². The van der Waals surface area contributed by atoms with Gasteiger partial charge in [0.2, 0.25) is 0 Å². The molecule has 0 amide bonds. The number of carbonyl (C=O) groups excluding carboxylic acids is 1. The molecule has 0 unspecified atom stereocenters. The van der Waals surface area contributed by atoms with Crippen molar-refractivity contribution in [3.8, 4) is 0 Å². The largest absolute Gasteiger partial charge is 0.469 e. The third kappa shape index (κ3) is 3.45. The van der Waals surface area contributed by atoms with Crippen LogP contribution < -0.4 is 5.73 Å². The highest BCUT2D eigenvalue weighted by Crippen LogP contribution is 2.05. The molecule has 0 heterocycles. The van der Waals surface area contributed by atoms with Crippen molar-refractivity contribution >= 4 is 5.97 Å². The molecule has 0 saturated heterocycles. The molecule has 0 aromatic heterocycles. The van der Waals surface area contributed by atoms with Gasteiger partial charge in [0.25, 0.3) is 0 Å². The molecular weight excluding hydrogens is 130 g/mol. The summed E-state index contributed by atoms with van der Waals surface area (Å²) in [7, 11) is 1.39. The van der Waals surface area contributed by atoms with Crippen LogP contribution in [0.1, 0.15) is 20.3 Å². The van der Waals surface area contributed by atoms with Gasteiger partial charge in [0.15, 0.2) is 0 Å². The highest BCUT2D eigenvalue weighted by molar-refractivity contribution is 5.71. The number of hydrogen-bond donors (Lipinski definition) is 1. The molecule has 2 atom stereocenters. The van der Waals surface area contributed by atoms with Crippen molar-refractivity contribution in [3.05, 3.63) is 0 Å². The van der Waals surface area contributed by atoms with Crippen LogP contribution in [0.2, 0.25) is 0 Å². The van der Waals surface area contributed by atoms with Gasteiger partial charge in [-0.15, -0.1) is 0 Å². The molecule has 60 valence electrons. The van der Waals surface area contributed by atoms with Crippen LogP contribution in [0.5, 0.6) is 0 Å². The molecule has 3 nitrogen and oxygen atoms in total. The van der Waals surface area contributed by atoms with E-state index in [1.54, 1.807) is 0 Å². The van der Waals surface area contributed by atoms with Crippen LogP contribution in [-0.4, -0.2) is 19.1 Å². The molecule has 0 aromatic rings. The molecule has 0 aliphatic heterocycles. The standard InChI is InChI=1S/C7H15NO2/c1-5(4-6(2)8)7(9)10-3/h5-6H,4,8H2,1-3H3/t5-,6-/m0/s1. The van der Waals surface area contributed by atoms with Crippen LogP contribution in [0.25, 0.3) is 0 Å². The van der Waals surface area contributed by atoms with Crippen molar-refractivity contribution < 1.29 is 9.53 Å². The van der Waals surface area contributed by atoms with E-state index < -0.39 is 0 Å². The van der Waals surface area contributed by atoms with Crippen LogP contribution in [-0.2, 0) is 9.53 Å². The van der Waals surface area contributed by atoms with E-state index >= 15 is 0 Å². The van der Waals surface area contributed by atoms with E-state index in [0.29, 0.717) is 6.42 Å². The Balaban J connectivity index is 3.61. The Morgan fingerprint density at radius 2 is 2.10 bits per heavy atom. The first-order chi connectivity index (χ1) is 4.57. The van der Waals surface area contributed by atoms with Crippen molar-refractivity contribution in [3.63, 3.8) is 0 Å². The minimum Gasteiger partial charge on any atom is -0.469 e. The van der Waals surface area contributed by atoms with Gasteiger partial charge < -0.3 is 10.5 Å². The van der Waals surface area contributed by atoms with Crippen molar-refractivity contribution in [2.75, 3.05) is 7.11 Å². The number of methoxy groups -OCH3 is 1. The van der Waals surface area contributed by atoms with Crippen molar-refractivity contribution in [2.24, 2.45) is 11.7 Å². The van der Waals surface area contributed by atoms with Crippen LogP contribution in [0.3, 0.4) is 0 Å². The number of esters is 1. The van der Waals surface area contributed by atoms with E-state index in [0.717, 1.165) is 0 Å². The van der Waals surface area contributed by atoms with Gasteiger partial charge in [0.1, 0.15) is 0 Å². The predicted octanol–water partition coefficient (Wildman–Crippen LogP) is 0.533. The van der Waals surface area contributed by atoms with Gasteiger partial charge in [-0.05, 0) is 13.3 Å². The molecule has 0 aromatic carbocycles. The zero-order valence-electron chi connectivity index (χ0n) is 6.76. The highest BCUT2D eigenvalue weighted by atomic mass is 16.5. The molecule has 0 bridgehead atoms. The van der Waals surface area contributed by atoms with Gasteiger partial charge in [0, 0.05) is 6.04 Å². The average molecular weight is 145 g/mol. The lowest BCUT2D eigenvalue weighted by atomic mass is 10.0. The van der Waals surface area contributed by atoms with Gasteiger partial charge in [-0.1, -0.05) is 6.92 Å². The summed E-state index contributed by atoms with van der Waals surface area (Å²) in [6.45, 7) is 3.69. The fraction of sp³-hybridized carbons (Fsp3) is 0.857. The SMILES string of the molecule is COC(=O)[C@@H](C)C[C@H](C)N. The number of ether oxygens (including phenoxy) is 1. The molecular formula is C7H15NO2. The van der Waals surface area contributed by atoms with Gasteiger partial charge in [-0.3, -0.25) is 4.79 Å². The Morgan fingerprint density at radius 3 is 2.40 bits per heavy atom. The molecule has 3 heteroatoms. The van der Waals surface area contributed by atoms with Gasteiger partial charge in [-0.2, -0.15) is 0 Å². The maximum absolute atomic E-state index is 10.8. The molecule has 0 aliphatic rings. The van der Waals surface area contributed by atoms with Crippen LogP contribution in [0.4, 0.5) is 0 Å². The summed E-state index contributed by atoms with van der Waals surface area (Å²) in [6, 6.07) is 0.0640. The molecule has 0 rings (SSSR count). The number of carbonyl (C=O) groups is 1. The predicted molar refractivity (Wildman–Crippen MR) is 39.4 cm³/mol. The third-order valence-electron chi connectivity index (χ3n) is 1.33. The van der Waals surface area contributed by atoms with Crippen LogP contribution in [0, 0.1) is 5.92 Å².